The molecule has 1 aliphatic carbocycles. The van der Waals surface area contributed by atoms with Gasteiger partial charge in [0.05, 0.1) is 5.02 Å². The van der Waals surface area contributed by atoms with Gasteiger partial charge in [0.15, 0.2) is 11.6 Å². The van der Waals surface area contributed by atoms with Crippen LogP contribution in [-0.2, 0) is 4.79 Å². The highest BCUT2D eigenvalue weighted by Crippen LogP contribution is 2.27. The molecule has 0 fully saturated rings. The molecule has 0 amide bonds. The summed E-state index contributed by atoms with van der Waals surface area (Å²) in [5.41, 5.74) is 3.07. The van der Waals surface area contributed by atoms with E-state index in [1.807, 2.05) is 19.9 Å². The van der Waals surface area contributed by atoms with Crippen molar-refractivity contribution in [3.8, 4) is 0 Å². The number of anilines is 1. The summed E-state index contributed by atoms with van der Waals surface area (Å²) in [4.78, 5) is 23.1. The molecular weight excluding hydrogens is 262 g/mol. The first-order valence-corrected chi connectivity index (χ1v) is 6.73. The molecule has 0 unspecified atom stereocenters. The zero-order valence-corrected chi connectivity index (χ0v) is 11.8. The Morgan fingerprint density at radius 3 is 2.63 bits per heavy atom. The molecule has 1 N–H and O–H groups in total. The Morgan fingerprint density at radius 1 is 1.37 bits per heavy atom. The Morgan fingerprint density at radius 2 is 2.11 bits per heavy atom. The molecule has 0 bridgehead atoms. The van der Waals surface area contributed by atoms with Crippen LogP contribution in [0.15, 0.2) is 29.5 Å². The quantitative estimate of drug-likeness (QED) is 0.847. The van der Waals surface area contributed by atoms with Crippen molar-refractivity contribution in [2.75, 3.05) is 5.32 Å². The van der Waals surface area contributed by atoms with Crippen LogP contribution in [-0.4, -0.2) is 11.6 Å². The fourth-order valence-corrected chi connectivity index (χ4v) is 2.41. The van der Waals surface area contributed by atoms with E-state index in [2.05, 4.69) is 5.32 Å². The Labute approximate surface area is 117 Å². The molecule has 0 saturated carbocycles. The maximum absolute atomic E-state index is 11.6. The second kappa shape index (κ2) is 5.57. The van der Waals surface area contributed by atoms with Crippen LogP contribution in [0.5, 0.6) is 0 Å². The Hall–Kier alpha value is -1.61. The molecule has 0 saturated heterocycles. The van der Waals surface area contributed by atoms with Crippen molar-refractivity contribution in [3.05, 3.63) is 40.1 Å². The predicted molar refractivity (Wildman–Crippen MR) is 76.6 cm³/mol. The van der Waals surface area contributed by atoms with E-state index in [4.69, 9.17) is 11.6 Å². The standard InChI is InChI=1S/C15H16ClNO2/c1-3-14(18)11-5-4-10(8-12(11)16)17-13-6-7-15(19)9(13)2/h4-5,8,17H,3,6-7H2,1-2H3. The van der Waals surface area contributed by atoms with Gasteiger partial charge in [0.1, 0.15) is 0 Å². The van der Waals surface area contributed by atoms with Gasteiger partial charge in [-0.1, -0.05) is 18.5 Å². The summed E-state index contributed by atoms with van der Waals surface area (Å²) in [7, 11) is 0. The number of benzene rings is 1. The van der Waals surface area contributed by atoms with E-state index in [1.54, 1.807) is 12.1 Å². The summed E-state index contributed by atoms with van der Waals surface area (Å²) in [5.74, 6) is 0.217. The minimum atomic E-state index is 0.0305. The van der Waals surface area contributed by atoms with Gasteiger partial charge in [0.25, 0.3) is 0 Å². The Balaban J connectivity index is 2.22. The molecule has 1 aromatic carbocycles. The van der Waals surface area contributed by atoms with Crippen LogP contribution in [0.25, 0.3) is 0 Å². The second-order valence-corrected chi connectivity index (χ2v) is 5.03. The predicted octanol–water partition coefficient (Wildman–Crippen LogP) is 3.98. The lowest BCUT2D eigenvalue weighted by Gasteiger charge is -2.10. The molecule has 0 atom stereocenters. The number of ketones is 2. The molecule has 1 aliphatic rings. The van der Waals surface area contributed by atoms with Crippen molar-refractivity contribution in [1.29, 1.82) is 0 Å². The minimum Gasteiger partial charge on any atom is -0.359 e. The van der Waals surface area contributed by atoms with Crippen LogP contribution in [0.4, 0.5) is 5.69 Å². The van der Waals surface area contributed by atoms with Gasteiger partial charge in [0, 0.05) is 35.4 Å². The van der Waals surface area contributed by atoms with Gasteiger partial charge in [-0.15, -0.1) is 0 Å². The van der Waals surface area contributed by atoms with Gasteiger partial charge in [-0.3, -0.25) is 9.59 Å². The summed E-state index contributed by atoms with van der Waals surface area (Å²) in [6.07, 6.45) is 1.73. The number of rotatable bonds is 4. The molecule has 4 heteroatoms. The van der Waals surface area contributed by atoms with Crippen LogP contribution in [0.3, 0.4) is 0 Å². The van der Waals surface area contributed by atoms with Gasteiger partial charge in [-0.2, -0.15) is 0 Å². The molecule has 19 heavy (non-hydrogen) atoms. The van der Waals surface area contributed by atoms with Gasteiger partial charge < -0.3 is 5.32 Å². The fourth-order valence-electron chi connectivity index (χ4n) is 2.12. The van der Waals surface area contributed by atoms with E-state index < -0.39 is 0 Å². The maximum atomic E-state index is 11.6. The first-order chi connectivity index (χ1) is 9.02. The SMILES string of the molecule is CCC(=O)c1ccc(NC2=C(C)C(=O)CC2)cc1Cl. The van der Waals surface area contributed by atoms with Crippen molar-refractivity contribution in [2.45, 2.75) is 33.1 Å². The van der Waals surface area contributed by atoms with Crippen molar-refractivity contribution < 1.29 is 9.59 Å². The van der Waals surface area contributed by atoms with Crippen LogP contribution < -0.4 is 5.32 Å². The van der Waals surface area contributed by atoms with E-state index >= 15 is 0 Å². The molecule has 0 aliphatic heterocycles. The molecule has 0 radical (unpaired) electrons. The number of allylic oxidation sites excluding steroid dienone is 2. The van der Waals surface area contributed by atoms with Crippen molar-refractivity contribution >= 4 is 28.9 Å². The summed E-state index contributed by atoms with van der Waals surface area (Å²) < 4.78 is 0. The van der Waals surface area contributed by atoms with Crippen molar-refractivity contribution in [1.82, 2.24) is 0 Å². The van der Waals surface area contributed by atoms with Crippen LogP contribution in [0.1, 0.15) is 43.5 Å². The molecule has 3 nitrogen and oxygen atoms in total. The average molecular weight is 278 g/mol. The summed E-state index contributed by atoms with van der Waals surface area (Å²) in [6, 6.07) is 5.27. The third kappa shape index (κ3) is 2.87. The third-order valence-corrected chi connectivity index (χ3v) is 3.67. The lowest BCUT2D eigenvalue weighted by molar-refractivity contribution is -0.114. The molecule has 0 aromatic heterocycles. The van der Waals surface area contributed by atoms with Gasteiger partial charge in [-0.05, 0) is 31.5 Å². The molecule has 100 valence electrons. The van der Waals surface area contributed by atoms with E-state index in [0.717, 1.165) is 23.4 Å². The smallest absolute Gasteiger partial charge is 0.164 e. The Kier molecular flexibility index (Phi) is 4.05. The number of hydrogen-bond acceptors (Lipinski definition) is 3. The van der Waals surface area contributed by atoms with E-state index in [1.165, 1.54) is 0 Å². The van der Waals surface area contributed by atoms with Crippen molar-refractivity contribution in [3.63, 3.8) is 0 Å². The highest BCUT2D eigenvalue weighted by atomic mass is 35.5. The molecule has 0 heterocycles. The van der Waals surface area contributed by atoms with Gasteiger partial charge in [-0.25, -0.2) is 0 Å². The first kappa shape index (κ1) is 13.8. The van der Waals surface area contributed by atoms with Gasteiger partial charge >= 0.3 is 0 Å². The van der Waals surface area contributed by atoms with E-state index in [0.29, 0.717) is 23.4 Å². The van der Waals surface area contributed by atoms with Crippen molar-refractivity contribution in [2.24, 2.45) is 0 Å². The molecule has 0 spiro atoms. The maximum Gasteiger partial charge on any atom is 0.164 e. The Bertz CT molecular complexity index is 576. The molecular formula is C15H16ClNO2. The summed E-state index contributed by atoms with van der Waals surface area (Å²) in [6.45, 7) is 3.64. The number of halogens is 1. The minimum absolute atomic E-state index is 0.0305. The molecule has 2 rings (SSSR count). The van der Waals surface area contributed by atoms with Crippen LogP contribution in [0.2, 0.25) is 5.02 Å². The number of carbonyl (C=O) groups excluding carboxylic acids is 2. The second-order valence-electron chi connectivity index (χ2n) is 4.62. The number of hydrogen-bond donors (Lipinski definition) is 1. The first-order valence-electron chi connectivity index (χ1n) is 6.35. The number of carbonyl (C=O) groups is 2. The summed E-state index contributed by atoms with van der Waals surface area (Å²) in [5, 5.41) is 3.65. The fraction of sp³-hybridized carbons (Fsp3) is 0.333. The highest BCUT2D eigenvalue weighted by Gasteiger charge is 2.19. The van der Waals surface area contributed by atoms with Crippen LogP contribution in [0, 0.1) is 0 Å². The number of nitrogens with one attached hydrogen (secondary N) is 1. The summed E-state index contributed by atoms with van der Waals surface area (Å²) >= 11 is 6.11. The molecule has 1 aromatic rings. The topological polar surface area (TPSA) is 46.2 Å². The number of Topliss-reactive ketones (excluding diaryl/α,β-unsaturated/α-hetero) is 2. The zero-order valence-electron chi connectivity index (χ0n) is 11.0. The largest absolute Gasteiger partial charge is 0.359 e. The lowest BCUT2D eigenvalue weighted by Crippen LogP contribution is -2.02. The van der Waals surface area contributed by atoms with Crippen LogP contribution >= 0.6 is 11.6 Å². The lowest BCUT2D eigenvalue weighted by atomic mass is 10.1. The average Bonchev–Trinajstić information content (AvgIpc) is 2.70. The zero-order chi connectivity index (χ0) is 14.0. The van der Waals surface area contributed by atoms with E-state index in [9.17, 15) is 9.59 Å². The third-order valence-electron chi connectivity index (χ3n) is 3.36. The highest BCUT2D eigenvalue weighted by molar-refractivity contribution is 6.34. The normalized spacial score (nSPS) is 15.0. The van der Waals surface area contributed by atoms with Gasteiger partial charge in [0.2, 0.25) is 0 Å². The monoisotopic (exact) mass is 277 g/mol. The van der Waals surface area contributed by atoms with E-state index in [-0.39, 0.29) is 11.6 Å².